The van der Waals surface area contributed by atoms with Crippen LogP contribution < -0.4 is 0 Å². The van der Waals surface area contributed by atoms with E-state index < -0.39 is 11.6 Å². The minimum Gasteiger partial charge on any atom is -0.459 e. The number of rotatable bonds is 4. The number of hydrogen-bond donors (Lipinski definition) is 1. The van der Waals surface area contributed by atoms with E-state index in [-0.39, 0.29) is 6.10 Å². The Morgan fingerprint density at radius 3 is 2.15 bits per heavy atom. The average Bonchev–Trinajstić information content (AvgIpc) is 2.98. The van der Waals surface area contributed by atoms with Gasteiger partial charge in [-0.3, -0.25) is 0 Å². The van der Waals surface area contributed by atoms with Gasteiger partial charge in [0.25, 0.3) is 0 Å². The van der Waals surface area contributed by atoms with Crippen molar-refractivity contribution in [1.82, 2.24) is 0 Å². The molecule has 3 fully saturated rings. The number of piperidine rings is 1. The van der Waals surface area contributed by atoms with Crippen molar-refractivity contribution in [2.24, 2.45) is 0 Å². The van der Waals surface area contributed by atoms with Crippen LogP contribution in [0.25, 0.3) is 0 Å². The molecule has 0 aliphatic carbocycles. The van der Waals surface area contributed by atoms with Gasteiger partial charge in [0, 0.05) is 12.8 Å². The van der Waals surface area contributed by atoms with Gasteiger partial charge in [-0.15, -0.1) is 22.7 Å². The molecule has 5 atom stereocenters. The number of nitrogens with zero attached hydrogens (tertiary/aromatic N) is 1. The Balaban J connectivity index is 1.40. The molecule has 3 aliphatic rings. The number of aliphatic hydroxyl groups is 1. The quantitative estimate of drug-likeness (QED) is 0.493. The molecule has 7 heteroatoms. The van der Waals surface area contributed by atoms with Gasteiger partial charge in [0.05, 0.1) is 23.8 Å². The van der Waals surface area contributed by atoms with Crippen LogP contribution in [0.3, 0.4) is 0 Å². The van der Waals surface area contributed by atoms with E-state index in [9.17, 15) is 9.90 Å². The van der Waals surface area contributed by atoms with E-state index in [1.54, 1.807) is 12.1 Å². The molecule has 3 saturated heterocycles. The molecule has 3 aliphatic heterocycles. The number of likely N-dealkylation sites (N-methyl/N-ethyl adjacent to an activating group) is 1. The third-order valence-corrected chi connectivity index (χ3v) is 8.32. The fourth-order valence-electron chi connectivity index (χ4n) is 4.83. The van der Waals surface area contributed by atoms with Gasteiger partial charge in [-0.25, -0.2) is 4.79 Å². The summed E-state index contributed by atoms with van der Waals surface area (Å²) in [6.07, 6.45) is 2.05. The number of ether oxygens (including phenoxy) is 2. The number of quaternary nitrogens is 1. The number of hydrogen-bond acceptors (Lipinski definition) is 6. The molecule has 0 saturated carbocycles. The SMILES string of the molecule is C[N+]1(C)C2CC(OC(=O)C(O)(c3cccs3)c3cccs3)CC1[C@@H]1O[C@H]21. The van der Waals surface area contributed by atoms with Crippen molar-refractivity contribution in [3.63, 3.8) is 0 Å². The Kier molecular flexibility index (Phi) is 3.65. The first-order valence-electron chi connectivity index (χ1n) is 8.92. The van der Waals surface area contributed by atoms with E-state index in [0.717, 1.165) is 17.3 Å². The second kappa shape index (κ2) is 5.62. The molecular formula is C19H22NO4S2+. The van der Waals surface area contributed by atoms with Crippen LogP contribution in [0.5, 0.6) is 0 Å². The van der Waals surface area contributed by atoms with Gasteiger partial charge >= 0.3 is 5.97 Å². The third kappa shape index (κ3) is 2.28. The van der Waals surface area contributed by atoms with Gasteiger partial charge < -0.3 is 19.1 Å². The lowest BCUT2D eigenvalue weighted by atomic mass is 9.95. The maximum Gasteiger partial charge on any atom is 0.349 e. The minimum atomic E-state index is -1.72. The van der Waals surface area contributed by atoms with Crippen molar-refractivity contribution in [3.05, 3.63) is 44.8 Å². The van der Waals surface area contributed by atoms with E-state index in [2.05, 4.69) is 14.1 Å². The predicted octanol–water partition coefficient (Wildman–Crippen LogP) is 2.35. The smallest absolute Gasteiger partial charge is 0.349 e. The van der Waals surface area contributed by atoms with Gasteiger partial charge in [0.2, 0.25) is 5.60 Å². The van der Waals surface area contributed by atoms with E-state index in [1.165, 1.54) is 22.7 Å². The fraction of sp³-hybridized carbons (Fsp3) is 0.526. The highest BCUT2D eigenvalue weighted by atomic mass is 32.1. The number of fused-ring (bicyclic) bond motifs is 5. The molecule has 1 N–H and O–H groups in total. The van der Waals surface area contributed by atoms with Gasteiger partial charge in [-0.2, -0.15) is 0 Å². The molecule has 2 bridgehead atoms. The van der Waals surface area contributed by atoms with E-state index in [1.807, 2.05) is 22.9 Å². The van der Waals surface area contributed by atoms with Crippen LogP contribution in [0.15, 0.2) is 35.0 Å². The summed E-state index contributed by atoms with van der Waals surface area (Å²) in [5, 5.41) is 15.1. The van der Waals surface area contributed by atoms with Crippen LogP contribution in [0.4, 0.5) is 0 Å². The number of carbonyl (C=O) groups excluding carboxylic acids is 1. The monoisotopic (exact) mass is 392 g/mol. The summed E-state index contributed by atoms with van der Waals surface area (Å²) in [6.45, 7) is 0. The molecule has 2 aromatic heterocycles. The Morgan fingerprint density at radius 1 is 1.15 bits per heavy atom. The number of morpholine rings is 1. The molecule has 3 unspecified atom stereocenters. The van der Waals surface area contributed by atoms with Crippen molar-refractivity contribution in [2.75, 3.05) is 14.1 Å². The van der Waals surface area contributed by atoms with E-state index >= 15 is 0 Å². The van der Waals surface area contributed by atoms with Gasteiger partial charge in [0.15, 0.2) is 0 Å². The second-order valence-corrected chi connectivity index (χ2v) is 9.89. The fourth-order valence-corrected chi connectivity index (χ4v) is 6.54. The molecule has 0 radical (unpaired) electrons. The first-order valence-corrected chi connectivity index (χ1v) is 10.7. The Labute approximate surface area is 160 Å². The maximum absolute atomic E-state index is 13.1. The lowest BCUT2D eigenvalue weighted by molar-refractivity contribution is -0.938. The Morgan fingerprint density at radius 2 is 1.69 bits per heavy atom. The number of thiophene rings is 2. The molecule has 138 valence electrons. The highest BCUT2D eigenvalue weighted by Gasteiger charge is 2.71. The van der Waals surface area contributed by atoms with Crippen LogP contribution in [0, 0.1) is 0 Å². The molecule has 0 spiro atoms. The average molecular weight is 393 g/mol. The lowest BCUT2D eigenvalue weighted by Gasteiger charge is -2.45. The zero-order chi connectivity index (χ0) is 18.1. The highest BCUT2D eigenvalue weighted by Crippen LogP contribution is 2.52. The normalized spacial score (nSPS) is 34.3. The molecule has 0 amide bonds. The van der Waals surface area contributed by atoms with Crippen molar-refractivity contribution in [1.29, 1.82) is 0 Å². The van der Waals surface area contributed by atoms with Gasteiger partial charge in [0.1, 0.15) is 30.4 Å². The standard InChI is InChI=1S/C19H22NO4S2/c1-20(2)12-9-11(10-13(20)17-16(12)24-17)23-18(21)19(22,14-5-3-7-25-14)15-6-4-8-26-15/h3-8,11-13,16-17,22H,9-10H2,1-2H3/q+1/t11?,12?,13?,16-,17+. The van der Waals surface area contributed by atoms with Crippen LogP contribution in [-0.4, -0.2) is 60.0 Å². The van der Waals surface area contributed by atoms with Crippen molar-refractivity contribution >= 4 is 28.6 Å². The summed E-state index contributed by atoms with van der Waals surface area (Å²) in [4.78, 5) is 14.3. The molecule has 26 heavy (non-hydrogen) atoms. The Bertz CT molecular complexity index is 762. The van der Waals surface area contributed by atoms with Crippen LogP contribution in [0.1, 0.15) is 22.6 Å². The maximum atomic E-state index is 13.1. The lowest BCUT2D eigenvalue weighted by Crippen LogP contribution is -2.60. The Hall–Kier alpha value is -1.25. The van der Waals surface area contributed by atoms with Crippen molar-refractivity contribution < 1.29 is 23.9 Å². The second-order valence-electron chi connectivity index (χ2n) is 7.99. The molecule has 2 aromatic rings. The number of epoxide rings is 1. The number of esters is 1. The van der Waals surface area contributed by atoms with E-state index in [0.29, 0.717) is 34.0 Å². The minimum absolute atomic E-state index is 0.161. The molecule has 0 aromatic carbocycles. The van der Waals surface area contributed by atoms with E-state index in [4.69, 9.17) is 9.47 Å². The van der Waals surface area contributed by atoms with Crippen molar-refractivity contribution in [3.8, 4) is 0 Å². The van der Waals surface area contributed by atoms with Gasteiger partial charge in [-0.1, -0.05) is 12.1 Å². The summed E-state index contributed by atoms with van der Waals surface area (Å²) in [6, 6.07) is 8.01. The van der Waals surface area contributed by atoms with Gasteiger partial charge in [-0.05, 0) is 22.9 Å². The molecule has 5 heterocycles. The van der Waals surface area contributed by atoms with Crippen LogP contribution in [-0.2, 0) is 19.9 Å². The zero-order valence-electron chi connectivity index (χ0n) is 14.7. The first-order chi connectivity index (χ1) is 12.4. The summed E-state index contributed by atoms with van der Waals surface area (Å²) in [5.74, 6) is -0.561. The van der Waals surface area contributed by atoms with Crippen LogP contribution in [0.2, 0.25) is 0 Å². The first kappa shape index (κ1) is 16.9. The summed E-state index contributed by atoms with van der Waals surface area (Å²) in [5.41, 5.74) is -1.72. The highest BCUT2D eigenvalue weighted by molar-refractivity contribution is 7.12. The molecular weight excluding hydrogens is 370 g/mol. The summed E-state index contributed by atoms with van der Waals surface area (Å²) >= 11 is 2.74. The third-order valence-electron chi connectivity index (χ3n) is 6.36. The number of carbonyl (C=O) groups is 1. The largest absolute Gasteiger partial charge is 0.459 e. The van der Waals surface area contributed by atoms with Crippen LogP contribution >= 0.6 is 22.7 Å². The summed E-state index contributed by atoms with van der Waals surface area (Å²) < 4.78 is 12.6. The van der Waals surface area contributed by atoms with Crippen molar-refractivity contribution in [2.45, 2.75) is 48.8 Å². The molecule has 5 rings (SSSR count). The zero-order valence-corrected chi connectivity index (χ0v) is 16.3. The predicted molar refractivity (Wildman–Crippen MR) is 99.1 cm³/mol. The molecule has 5 nitrogen and oxygen atoms in total. The summed E-state index contributed by atoms with van der Waals surface area (Å²) in [7, 11) is 4.49. The topological polar surface area (TPSA) is 59.1 Å².